The van der Waals surface area contributed by atoms with Gasteiger partial charge < -0.3 is 20.1 Å². The second kappa shape index (κ2) is 9.95. The normalized spacial score (nSPS) is 10.6. The van der Waals surface area contributed by atoms with Gasteiger partial charge in [-0.2, -0.15) is 4.98 Å². The first-order valence-electron chi connectivity index (χ1n) is 10.5. The molecule has 172 valence electrons. The Morgan fingerprint density at radius 1 is 0.971 bits per heavy atom. The average Bonchev–Trinajstić information content (AvgIpc) is 2.81. The zero-order chi connectivity index (χ0) is 24.1. The van der Waals surface area contributed by atoms with Crippen LogP contribution in [0.5, 0.6) is 11.6 Å². The molecular formula is C25H21FN4O4. The summed E-state index contributed by atoms with van der Waals surface area (Å²) in [5, 5.41) is 5.66. The van der Waals surface area contributed by atoms with Gasteiger partial charge in [-0.3, -0.25) is 0 Å². The van der Waals surface area contributed by atoms with E-state index >= 15 is 0 Å². The summed E-state index contributed by atoms with van der Waals surface area (Å²) in [6.45, 7) is 3.75. The van der Waals surface area contributed by atoms with E-state index in [0.717, 1.165) is 11.6 Å². The Balaban J connectivity index is 1.54. The standard InChI is InChI=1S/C25H21FN4O4/c1-3-33-24(31)22-28-20-10-5-4-9-18(20)23(30-22)34-17-11-12-21(19(26)14-17)29-25(32)27-16-8-6-7-15(2)13-16/h4-14H,3H2,1-2H3,(H2,27,29,32). The highest BCUT2D eigenvalue weighted by Crippen LogP contribution is 2.29. The number of urea groups is 1. The predicted octanol–water partition coefficient (Wildman–Crippen LogP) is 5.69. The van der Waals surface area contributed by atoms with Crippen LogP contribution in [0.3, 0.4) is 0 Å². The Hall–Kier alpha value is -4.53. The summed E-state index contributed by atoms with van der Waals surface area (Å²) in [6.07, 6.45) is 0. The largest absolute Gasteiger partial charge is 0.460 e. The van der Waals surface area contributed by atoms with Crippen LogP contribution >= 0.6 is 0 Å². The van der Waals surface area contributed by atoms with Crippen molar-refractivity contribution >= 4 is 34.3 Å². The number of hydrogen-bond donors (Lipinski definition) is 2. The molecule has 0 saturated heterocycles. The lowest BCUT2D eigenvalue weighted by atomic mass is 10.2. The maximum absolute atomic E-state index is 14.7. The van der Waals surface area contributed by atoms with Gasteiger partial charge in [-0.1, -0.05) is 24.3 Å². The third-order valence-corrected chi connectivity index (χ3v) is 4.71. The molecule has 0 atom stereocenters. The fourth-order valence-electron chi connectivity index (χ4n) is 3.19. The van der Waals surface area contributed by atoms with E-state index in [1.807, 2.05) is 19.1 Å². The quantitative estimate of drug-likeness (QED) is 0.358. The minimum Gasteiger partial charge on any atom is -0.460 e. The molecule has 2 N–H and O–H groups in total. The molecule has 0 bridgehead atoms. The van der Waals surface area contributed by atoms with Gasteiger partial charge in [-0.15, -0.1) is 0 Å². The molecule has 0 aliphatic heterocycles. The average molecular weight is 460 g/mol. The lowest BCUT2D eigenvalue weighted by molar-refractivity contribution is 0.0511. The highest BCUT2D eigenvalue weighted by atomic mass is 19.1. The van der Waals surface area contributed by atoms with Crippen LogP contribution < -0.4 is 15.4 Å². The Bertz CT molecular complexity index is 1380. The molecule has 8 nitrogen and oxygen atoms in total. The van der Waals surface area contributed by atoms with E-state index in [2.05, 4.69) is 20.6 Å². The lowest BCUT2D eigenvalue weighted by Crippen LogP contribution is -2.20. The molecular weight excluding hydrogens is 439 g/mol. The zero-order valence-corrected chi connectivity index (χ0v) is 18.5. The summed E-state index contributed by atoms with van der Waals surface area (Å²) >= 11 is 0. The summed E-state index contributed by atoms with van der Waals surface area (Å²) in [4.78, 5) is 32.7. The molecule has 0 unspecified atom stereocenters. The highest BCUT2D eigenvalue weighted by Gasteiger charge is 2.17. The third-order valence-electron chi connectivity index (χ3n) is 4.71. The van der Waals surface area contributed by atoms with Crippen molar-refractivity contribution in [3.63, 3.8) is 0 Å². The predicted molar refractivity (Wildman–Crippen MR) is 126 cm³/mol. The van der Waals surface area contributed by atoms with Gasteiger partial charge in [0.1, 0.15) is 11.6 Å². The van der Waals surface area contributed by atoms with Gasteiger partial charge >= 0.3 is 12.0 Å². The molecule has 0 radical (unpaired) electrons. The van der Waals surface area contributed by atoms with E-state index in [9.17, 15) is 14.0 Å². The van der Waals surface area contributed by atoms with Crippen molar-refractivity contribution in [1.29, 1.82) is 0 Å². The number of aromatic nitrogens is 2. The first-order valence-corrected chi connectivity index (χ1v) is 10.5. The number of halogens is 1. The monoisotopic (exact) mass is 460 g/mol. The van der Waals surface area contributed by atoms with Gasteiger partial charge in [0.05, 0.1) is 23.2 Å². The number of carbonyl (C=O) groups is 2. The number of esters is 1. The van der Waals surface area contributed by atoms with Crippen molar-refractivity contribution < 1.29 is 23.5 Å². The van der Waals surface area contributed by atoms with Crippen LogP contribution in [-0.2, 0) is 4.74 Å². The number of rotatable bonds is 6. The van der Waals surface area contributed by atoms with Gasteiger partial charge in [-0.05, 0) is 55.8 Å². The summed E-state index contributed by atoms with van der Waals surface area (Å²) in [5.41, 5.74) is 2.01. The number of nitrogens with one attached hydrogen (secondary N) is 2. The van der Waals surface area contributed by atoms with Gasteiger partial charge in [0.25, 0.3) is 0 Å². The molecule has 1 heterocycles. The molecule has 4 rings (SSSR count). The van der Waals surface area contributed by atoms with E-state index in [-0.39, 0.29) is 29.7 Å². The molecule has 0 aliphatic rings. The smallest absolute Gasteiger partial charge is 0.376 e. The van der Waals surface area contributed by atoms with Gasteiger partial charge in [-0.25, -0.2) is 19.0 Å². The number of amides is 2. The first kappa shape index (κ1) is 22.7. The summed E-state index contributed by atoms with van der Waals surface area (Å²) in [6, 6.07) is 17.6. The number of para-hydroxylation sites is 1. The number of nitrogens with zero attached hydrogens (tertiary/aromatic N) is 2. The van der Waals surface area contributed by atoms with Crippen molar-refractivity contribution in [2.75, 3.05) is 17.2 Å². The lowest BCUT2D eigenvalue weighted by Gasteiger charge is -2.12. The van der Waals surface area contributed by atoms with Gasteiger partial charge in [0, 0.05) is 11.8 Å². The van der Waals surface area contributed by atoms with Crippen LogP contribution in [-0.4, -0.2) is 28.6 Å². The van der Waals surface area contributed by atoms with Gasteiger partial charge in [0.2, 0.25) is 11.7 Å². The third kappa shape index (κ3) is 5.26. The number of fused-ring (bicyclic) bond motifs is 1. The van der Waals surface area contributed by atoms with E-state index in [1.54, 1.807) is 43.3 Å². The molecule has 1 aromatic heterocycles. The summed E-state index contributed by atoms with van der Waals surface area (Å²) in [5.74, 6) is -1.36. The van der Waals surface area contributed by atoms with E-state index < -0.39 is 17.8 Å². The van der Waals surface area contributed by atoms with Crippen LogP contribution in [0.25, 0.3) is 10.9 Å². The van der Waals surface area contributed by atoms with Gasteiger partial charge in [0.15, 0.2) is 0 Å². The van der Waals surface area contributed by atoms with Crippen LogP contribution in [0.2, 0.25) is 0 Å². The minimum absolute atomic E-state index is 0.0303. The molecule has 0 saturated carbocycles. The molecule has 34 heavy (non-hydrogen) atoms. The Morgan fingerprint density at radius 3 is 2.56 bits per heavy atom. The van der Waals surface area contributed by atoms with Crippen LogP contribution in [0, 0.1) is 12.7 Å². The van der Waals surface area contributed by atoms with Crippen molar-refractivity contribution in [2.45, 2.75) is 13.8 Å². The fourth-order valence-corrected chi connectivity index (χ4v) is 3.19. The van der Waals surface area contributed by atoms with Crippen LogP contribution in [0.4, 0.5) is 20.6 Å². The number of carbonyl (C=O) groups excluding carboxylic acids is 2. The second-order valence-electron chi connectivity index (χ2n) is 7.28. The van der Waals surface area contributed by atoms with E-state index in [4.69, 9.17) is 9.47 Å². The first-order chi connectivity index (χ1) is 16.4. The second-order valence-corrected chi connectivity index (χ2v) is 7.28. The topological polar surface area (TPSA) is 102 Å². The Morgan fingerprint density at radius 2 is 1.79 bits per heavy atom. The molecule has 3 aromatic carbocycles. The number of hydrogen-bond acceptors (Lipinski definition) is 6. The molecule has 2 amide bonds. The summed E-state index contributed by atoms with van der Waals surface area (Å²) < 4.78 is 25.5. The maximum atomic E-state index is 14.7. The molecule has 0 spiro atoms. The van der Waals surface area contributed by atoms with E-state index in [1.165, 1.54) is 12.1 Å². The highest BCUT2D eigenvalue weighted by molar-refractivity contribution is 6.00. The van der Waals surface area contributed by atoms with Crippen molar-refractivity contribution in [3.8, 4) is 11.6 Å². The fraction of sp³-hybridized carbons (Fsp3) is 0.120. The van der Waals surface area contributed by atoms with Crippen molar-refractivity contribution in [2.24, 2.45) is 0 Å². The Labute approximate surface area is 194 Å². The Kier molecular flexibility index (Phi) is 6.63. The van der Waals surface area contributed by atoms with Crippen LogP contribution in [0.1, 0.15) is 23.1 Å². The number of benzene rings is 3. The SMILES string of the molecule is CCOC(=O)c1nc(Oc2ccc(NC(=O)Nc3cccc(C)c3)c(F)c2)c2ccccc2n1. The molecule has 0 fully saturated rings. The van der Waals surface area contributed by atoms with Crippen LogP contribution in [0.15, 0.2) is 66.7 Å². The number of aryl methyl sites for hydroxylation is 1. The number of anilines is 2. The summed E-state index contributed by atoms with van der Waals surface area (Å²) in [7, 11) is 0. The van der Waals surface area contributed by atoms with Crippen molar-refractivity contribution in [1.82, 2.24) is 9.97 Å². The molecule has 9 heteroatoms. The minimum atomic E-state index is -0.708. The molecule has 0 aliphatic carbocycles. The maximum Gasteiger partial charge on any atom is 0.376 e. The van der Waals surface area contributed by atoms with E-state index in [0.29, 0.717) is 16.6 Å². The number of ether oxygens (including phenoxy) is 2. The van der Waals surface area contributed by atoms with Crippen molar-refractivity contribution in [3.05, 3.63) is 83.9 Å². The zero-order valence-electron chi connectivity index (χ0n) is 18.5. The molecule has 4 aromatic rings.